The number of rotatable bonds is 5. The highest BCUT2D eigenvalue weighted by Gasteiger charge is 2.70. The molecule has 1 aromatic rings. The van der Waals surface area contributed by atoms with Gasteiger partial charge in [0.2, 0.25) is 17.7 Å². The van der Waals surface area contributed by atoms with Crippen LogP contribution < -0.4 is 10.6 Å². The Morgan fingerprint density at radius 3 is 2.68 bits per heavy atom. The third-order valence-electron chi connectivity index (χ3n) is 6.03. The molecule has 7 nitrogen and oxygen atoms in total. The lowest BCUT2D eigenvalue weighted by molar-refractivity contribution is -0.143. The van der Waals surface area contributed by atoms with Crippen molar-refractivity contribution in [1.82, 2.24) is 10.2 Å². The molecule has 3 heterocycles. The monoisotopic (exact) mass is 405 g/mol. The van der Waals surface area contributed by atoms with Crippen LogP contribution in [0.25, 0.3) is 0 Å². The maximum absolute atomic E-state index is 13.3. The number of benzene rings is 1. The first-order valence-electron chi connectivity index (χ1n) is 9.55. The van der Waals surface area contributed by atoms with Gasteiger partial charge in [-0.3, -0.25) is 24.6 Å². The first-order chi connectivity index (χ1) is 13.3. The van der Waals surface area contributed by atoms with Gasteiger partial charge in [0.25, 0.3) is 0 Å². The Kier molecular flexibility index (Phi) is 4.72. The van der Waals surface area contributed by atoms with E-state index < -0.39 is 17.4 Å². The molecular weight excluding hydrogens is 382 g/mol. The van der Waals surface area contributed by atoms with Crippen molar-refractivity contribution in [2.45, 2.75) is 31.8 Å². The quantitative estimate of drug-likeness (QED) is 0.729. The van der Waals surface area contributed by atoms with Gasteiger partial charge in [-0.05, 0) is 18.4 Å². The fourth-order valence-electron chi connectivity index (χ4n) is 4.97. The maximum Gasteiger partial charge on any atom is 0.250 e. The number of imide groups is 1. The van der Waals surface area contributed by atoms with Gasteiger partial charge in [-0.1, -0.05) is 37.6 Å². The number of methoxy groups -OCH3 is 1. The number of carbonyl (C=O) groups excluding carboxylic acids is 3. The zero-order valence-electron chi connectivity index (χ0n) is 16.1. The van der Waals surface area contributed by atoms with Crippen LogP contribution in [0.15, 0.2) is 18.2 Å². The van der Waals surface area contributed by atoms with Gasteiger partial charge in [-0.25, -0.2) is 0 Å². The number of halogens is 1. The number of para-hydroxylation sites is 1. The number of likely N-dealkylation sites (tertiary alicyclic amines) is 1. The number of amides is 3. The lowest BCUT2D eigenvalue weighted by Crippen LogP contribution is -2.53. The Bertz CT molecular complexity index is 858. The summed E-state index contributed by atoms with van der Waals surface area (Å²) < 4.78 is 5.07. The van der Waals surface area contributed by atoms with Gasteiger partial charge >= 0.3 is 0 Å². The molecule has 4 rings (SSSR count). The molecule has 4 unspecified atom stereocenters. The van der Waals surface area contributed by atoms with E-state index in [4.69, 9.17) is 16.3 Å². The summed E-state index contributed by atoms with van der Waals surface area (Å²) in [6.07, 6.45) is 0.684. The third kappa shape index (κ3) is 2.53. The Labute approximate surface area is 168 Å². The van der Waals surface area contributed by atoms with Crippen molar-refractivity contribution in [3.05, 3.63) is 28.8 Å². The van der Waals surface area contributed by atoms with E-state index in [1.165, 1.54) is 12.0 Å². The smallest absolute Gasteiger partial charge is 0.250 e. The van der Waals surface area contributed by atoms with E-state index in [1.807, 2.05) is 0 Å². The zero-order chi connectivity index (χ0) is 20.2. The predicted molar refractivity (Wildman–Crippen MR) is 104 cm³/mol. The molecule has 8 heteroatoms. The van der Waals surface area contributed by atoms with Crippen LogP contribution in [0.5, 0.6) is 0 Å². The van der Waals surface area contributed by atoms with Crippen molar-refractivity contribution in [1.29, 1.82) is 0 Å². The lowest BCUT2D eigenvalue weighted by Gasteiger charge is -2.29. The predicted octanol–water partition coefficient (Wildman–Crippen LogP) is 1.75. The van der Waals surface area contributed by atoms with Crippen LogP contribution in [0.1, 0.15) is 25.8 Å². The first-order valence-corrected chi connectivity index (χ1v) is 9.93. The molecule has 0 radical (unpaired) electrons. The minimum Gasteiger partial charge on any atom is -0.383 e. The molecule has 3 amide bonds. The number of anilines is 1. The largest absolute Gasteiger partial charge is 0.383 e. The average molecular weight is 406 g/mol. The molecule has 150 valence electrons. The highest BCUT2D eigenvalue weighted by molar-refractivity contribution is 6.35. The topological polar surface area (TPSA) is 87.7 Å². The maximum atomic E-state index is 13.3. The molecule has 0 aliphatic carbocycles. The highest BCUT2D eigenvalue weighted by Crippen LogP contribution is 2.54. The minimum absolute atomic E-state index is 0.190. The van der Waals surface area contributed by atoms with Crippen LogP contribution in [0.3, 0.4) is 0 Å². The number of hydrogen-bond acceptors (Lipinski definition) is 5. The molecule has 2 saturated heterocycles. The highest BCUT2D eigenvalue weighted by atomic mass is 35.5. The Morgan fingerprint density at radius 2 is 2.00 bits per heavy atom. The van der Waals surface area contributed by atoms with E-state index >= 15 is 0 Å². The van der Waals surface area contributed by atoms with Gasteiger partial charge in [-0.15, -0.1) is 0 Å². The Morgan fingerprint density at radius 1 is 1.25 bits per heavy atom. The molecule has 28 heavy (non-hydrogen) atoms. The number of carbonyl (C=O) groups is 3. The second-order valence-corrected chi connectivity index (χ2v) is 8.54. The summed E-state index contributed by atoms with van der Waals surface area (Å²) in [6, 6.07) is 4.99. The number of hydrogen-bond donors (Lipinski definition) is 2. The van der Waals surface area contributed by atoms with Gasteiger partial charge in [0.05, 0.1) is 35.7 Å². The van der Waals surface area contributed by atoms with Crippen molar-refractivity contribution >= 4 is 35.0 Å². The van der Waals surface area contributed by atoms with Gasteiger partial charge < -0.3 is 10.1 Å². The van der Waals surface area contributed by atoms with Crippen molar-refractivity contribution in [3.8, 4) is 0 Å². The van der Waals surface area contributed by atoms with Crippen LogP contribution in [-0.2, 0) is 24.7 Å². The summed E-state index contributed by atoms with van der Waals surface area (Å²) in [6.45, 7) is 4.58. The Balaban J connectivity index is 1.84. The fourth-order valence-corrected chi connectivity index (χ4v) is 5.19. The van der Waals surface area contributed by atoms with Crippen molar-refractivity contribution < 1.29 is 19.1 Å². The van der Waals surface area contributed by atoms with Crippen molar-refractivity contribution in [2.24, 2.45) is 17.8 Å². The summed E-state index contributed by atoms with van der Waals surface area (Å²) in [7, 11) is 1.53. The molecule has 0 aromatic heterocycles. The molecule has 3 aliphatic rings. The standard InChI is InChI=1S/C20H24ClN3O4/c1-10(2)9-13-14-15(18(26)24(17(14)25)7-8-28-3)20(23-13)11-5-4-6-12(21)16(11)22-19(20)27/h4-6,10,13-15,23H,7-9H2,1-3H3,(H,22,27). The molecule has 1 spiro atoms. The summed E-state index contributed by atoms with van der Waals surface area (Å²) >= 11 is 6.30. The number of nitrogens with one attached hydrogen (secondary N) is 2. The first kappa shape index (κ1) is 19.4. The fraction of sp³-hybridized carbons (Fsp3) is 0.550. The Hall–Kier alpha value is -1.96. The zero-order valence-corrected chi connectivity index (χ0v) is 16.9. The van der Waals surface area contributed by atoms with Crippen LogP contribution in [0.2, 0.25) is 5.02 Å². The van der Waals surface area contributed by atoms with Crippen molar-refractivity contribution in [2.75, 3.05) is 25.6 Å². The lowest BCUT2D eigenvalue weighted by atomic mass is 9.76. The van der Waals surface area contributed by atoms with E-state index in [1.54, 1.807) is 18.2 Å². The molecule has 2 N–H and O–H groups in total. The molecule has 0 saturated carbocycles. The molecular formula is C20H24ClN3O4. The van der Waals surface area contributed by atoms with Crippen LogP contribution in [0, 0.1) is 17.8 Å². The second-order valence-electron chi connectivity index (χ2n) is 8.13. The van der Waals surface area contributed by atoms with E-state index in [-0.39, 0.29) is 36.9 Å². The number of ether oxygens (including phenoxy) is 1. The molecule has 1 aromatic carbocycles. The van der Waals surface area contributed by atoms with Gasteiger partial charge in [0, 0.05) is 18.7 Å². The summed E-state index contributed by atoms with van der Waals surface area (Å²) in [5, 5.41) is 6.66. The SMILES string of the molecule is COCCN1C(=O)C2C(CC(C)C)NC3(C(=O)Nc4c(Cl)cccc43)C2C1=O. The molecule has 2 fully saturated rings. The molecule has 0 bridgehead atoms. The number of fused-ring (bicyclic) bond motifs is 4. The summed E-state index contributed by atoms with van der Waals surface area (Å²) in [5.74, 6) is -1.96. The minimum atomic E-state index is -1.28. The van der Waals surface area contributed by atoms with E-state index in [9.17, 15) is 14.4 Å². The van der Waals surface area contributed by atoms with Gasteiger partial charge in [0.15, 0.2) is 0 Å². The van der Waals surface area contributed by atoms with E-state index in [0.29, 0.717) is 28.6 Å². The van der Waals surface area contributed by atoms with Gasteiger partial charge in [0.1, 0.15) is 5.54 Å². The second kappa shape index (κ2) is 6.83. The van der Waals surface area contributed by atoms with Crippen LogP contribution in [-0.4, -0.2) is 48.9 Å². The van der Waals surface area contributed by atoms with Gasteiger partial charge in [-0.2, -0.15) is 0 Å². The molecule has 3 aliphatic heterocycles. The van der Waals surface area contributed by atoms with Crippen LogP contribution in [0.4, 0.5) is 5.69 Å². The third-order valence-corrected chi connectivity index (χ3v) is 6.35. The summed E-state index contributed by atoms with van der Waals surface area (Å²) in [4.78, 5) is 41.0. The average Bonchev–Trinajstić information content (AvgIpc) is 3.20. The molecule has 4 atom stereocenters. The van der Waals surface area contributed by atoms with Crippen LogP contribution >= 0.6 is 11.6 Å². The normalized spacial score (nSPS) is 31.1. The number of nitrogens with zero attached hydrogens (tertiary/aromatic N) is 1. The van der Waals surface area contributed by atoms with Crippen molar-refractivity contribution in [3.63, 3.8) is 0 Å². The summed E-state index contributed by atoms with van der Waals surface area (Å²) in [5.41, 5.74) is -0.124. The van der Waals surface area contributed by atoms with E-state index in [2.05, 4.69) is 24.5 Å². The van der Waals surface area contributed by atoms with E-state index in [0.717, 1.165) is 0 Å².